The second kappa shape index (κ2) is 4.21. The highest BCUT2D eigenvalue weighted by molar-refractivity contribution is 5.95. The van der Waals surface area contributed by atoms with Crippen molar-refractivity contribution in [1.82, 2.24) is 9.97 Å². The Morgan fingerprint density at radius 3 is 2.95 bits per heavy atom. The maximum absolute atomic E-state index is 12.8. The predicted molar refractivity (Wildman–Crippen MR) is 63.5 cm³/mol. The number of oxazole rings is 1. The van der Waals surface area contributed by atoms with Gasteiger partial charge in [-0.2, -0.15) is 5.26 Å². The summed E-state index contributed by atoms with van der Waals surface area (Å²) < 4.78 is 30.7. The van der Waals surface area contributed by atoms with E-state index >= 15 is 0 Å². The number of hydrogen-bond acceptors (Lipinski definition) is 3. The Morgan fingerprint density at radius 2 is 2.21 bits per heavy atom. The Bertz CT molecular complexity index is 783. The van der Waals surface area contributed by atoms with E-state index in [1.807, 2.05) is 6.07 Å². The van der Waals surface area contributed by atoms with Gasteiger partial charge in [-0.3, -0.25) is 0 Å². The smallest absolute Gasteiger partial charge is 0.284 e. The van der Waals surface area contributed by atoms with E-state index in [1.165, 1.54) is 0 Å². The lowest BCUT2D eigenvalue weighted by Gasteiger charge is -1.99. The monoisotopic (exact) mass is 259 g/mol. The van der Waals surface area contributed by atoms with Crippen molar-refractivity contribution in [3.63, 3.8) is 0 Å². The highest BCUT2D eigenvalue weighted by Gasteiger charge is 2.21. The van der Waals surface area contributed by atoms with Crippen LogP contribution >= 0.6 is 0 Å². The molecule has 0 aliphatic heterocycles. The summed E-state index contributed by atoms with van der Waals surface area (Å²) in [5.74, 6) is 0.0244. The number of fused-ring (bicyclic) bond motifs is 1. The van der Waals surface area contributed by atoms with Crippen molar-refractivity contribution in [2.24, 2.45) is 0 Å². The Balaban J connectivity index is 2.25. The number of aromatic amines is 1. The SMILES string of the molecule is N#Cc1ccc2[nH]cc(-c3ocnc3C(F)F)c2c1. The molecule has 3 rings (SSSR count). The van der Waals surface area contributed by atoms with Crippen molar-refractivity contribution in [3.05, 3.63) is 42.0 Å². The number of halogens is 2. The molecule has 0 saturated carbocycles. The molecule has 0 fully saturated rings. The largest absolute Gasteiger partial charge is 0.443 e. The molecule has 94 valence electrons. The van der Waals surface area contributed by atoms with Crippen LogP contribution in [0, 0.1) is 11.3 Å². The summed E-state index contributed by atoms with van der Waals surface area (Å²) in [4.78, 5) is 6.48. The van der Waals surface area contributed by atoms with Crippen molar-refractivity contribution in [2.45, 2.75) is 6.43 Å². The Labute approximate surface area is 106 Å². The number of benzene rings is 1. The first-order chi connectivity index (χ1) is 9.20. The number of alkyl halides is 2. The van der Waals surface area contributed by atoms with Crippen LogP contribution in [0.2, 0.25) is 0 Å². The van der Waals surface area contributed by atoms with Crippen molar-refractivity contribution in [3.8, 4) is 17.4 Å². The van der Waals surface area contributed by atoms with E-state index in [-0.39, 0.29) is 5.76 Å². The first-order valence-electron chi connectivity index (χ1n) is 5.44. The van der Waals surface area contributed by atoms with Gasteiger partial charge in [0.15, 0.2) is 17.8 Å². The van der Waals surface area contributed by atoms with Gasteiger partial charge < -0.3 is 9.40 Å². The molecule has 19 heavy (non-hydrogen) atoms. The summed E-state index contributed by atoms with van der Waals surface area (Å²) in [7, 11) is 0. The number of rotatable bonds is 2. The van der Waals surface area contributed by atoms with Gasteiger partial charge in [-0.05, 0) is 18.2 Å². The number of nitrogens with zero attached hydrogens (tertiary/aromatic N) is 2. The summed E-state index contributed by atoms with van der Waals surface area (Å²) >= 11 is 0. The molecule has 0 unspecified atom stereocenters. The molecule has 2 heterocycles. The first kappa shape index (κ1) is 11.4. The molecule has 0 spiro atoms. The molecule has 1 N–H and O–H groups in total. The lowest BCUT2D eigenvalue weighted by molar-refractivity contribution is 0.147. The fourth-order valence-corrected chi connectivity index (χ4v) is 1.99. The van der Waals surface area contributed by atoms with Gasteiger partial charge in [0.25, 0.3) is 6.43 Å². The fourth-order valence-electron chi connectivity index (χ4n) is 1.99. The van der Waals surface area contributed by atoms with E-state index in [9.17, 15) is 8.78 Å². The summed E-state index contributed by atoms with van der Waals surface area (Å²) in [6.45, 7) is 0. The van der Waals surface area contributed by atoms with Gasteiger partial charge in [-0.25, -0.2) is 13.8 Å². The lowest BCUT2D eigenvalue weighted by Crippen LogP contribution is -1.87. The molecule has 0 saturated heterocycles. The molecule has 0 aliphatic rings. The summed E-state index contributed by atoms with van der Waals surface area (Å²) in [6.07, 6.45) is -0.153. The number of nitriles is 1. The highest BCUT2D eigenvalue weighted by Crippen LogP contribution is 2.34. The van der Waals surface area contributed by atoms with Crippen LogP contribution in [-0.4, -0.2) is 9.97 Å². The third-order valence-electron chi connectivity index (χ3n) is 2.86. The third kappa shape index (κ3) is 1.76. The van der Waals surface area contributed by atoms with Crippen LogP contribution in [0.3, 0.4) is 0 Å². The Morgan fingerprint density at radius 1 is 1.37 bits per heavy atom. The van der Waals surface area contributed by atoms with Crippen LogP contribution < -0.4 is 0 Å². The molecule has 4 nitrogen and oxygen atoms in total. The highest BCUT2D eigenvalue weighted by atomic mass is 19.3. The van der Waals surface area contributed by atoms with Gasteiger partial charge in [-0.1, -0.05) is 0 Å². The quantitative estimate of drug-likeness (QED) is 0.764. The van der Waals surface area contributed by atoms with Gasteiger partial charge in [0.1, 0.15) is 0 Å². The van der Waals surface area contributed by atoms with Gasteiger partial charge in [0, 0.05) is 22.7 Å². The van der Waals surface area contributed by atoms with Crippen molar-refractivity contribution in [1.29, 1.82) is 5.26 Å². The predicted octanol–water partition coefficient (Wildman–Crippen LogP) is 3.63. The maximum atomic E-state index is 12.8. The number of aromatic nitrogens is 2. The molecule has 0 atom stereocenters. The lowest BCUT2D eigenvalue weighted by atomic mass is 10.1. The van der Waals surface area contributed by atoms with E-state index in [1.54, 1.807) is 24.4 Å². The van der Waals surface area contributed by atoms with E-state index in [0.717, 1.165) is 11.9 Å². The van der Waals surface area contributed by atoms with Crippen molar-refractivity contribution < 1.29 is 13.2 Å². The van der Waals surface area contributed by atoms with E-state index < -0.39 is 12.1 Å². The minimum atomic E-state index is -2.71. The normalized spacial score (nSPS) is 11.1. The van der Waals surface area contributed by atoms with Crippen LogP contribution in [0.5, 0.6) is 0 Å². The first-order valence-corrected chi connectivity index (χ1v) is 5.44. The molecule has 0 amide bonds. The second-order valence-electron chi connectivity index (χ2n) is 3.94. The maximum Gasteiger partial charge on any atom is 0.284 e. The van der Waals surface area contributed by atoms with Gasteiger partial charge in [0.05, 0.1) is 11.6 Å². The molecule has 6 heteroatoms. The minimum absolute atomic E-state index is 0.0244. The molecule has 0 radical (unpaired) electrons. The van der Waals surface area contributed by atoms with Crippen LogP contribution in [0.25, 0.3) is 22.2 Å². The van der Waals surface area contributed by atoms with E-state index in [4.69, 9.17) is 9.68 Å². The van der Waals surface area contributed by atoms with Crippen LogP contribution in [-0.2, 0) is 0 Å². The van der Waals surface area contributed by atoms with Crippen molar-refractivity contribution >= 4 is 10.9 Å². The molecular weight excluding hydrogens is 252 g/mol. The molecule has 2 aromatic heterocycles. The van der Waals surface area contributed by atoms with Crippen molar-refractivity contribution in [2.75, 3.05) is 0 Å². The molecule has 1 aromatic carbocycles. The van der Waals surface area contributed by atoms with E-state index in [2.05, 4.69) is 9.97 Å². The number of nitrogens with one attached hydrogen (secondary N) is 1. The second-order valence-corrected chi connectivity index (χ2v) is 3.94. The summed E-state index contributed by atoms with van der Waals surface area (Å²) in [5.41, 5.74) is 1.26. The number of hydrogen-bond donors (Lipinski definition) is 1. The minimum Gasteiger partial charge on any atom is -0.443 e. The Hall–Kier alpha value is -2.68. The van der Waals surface area contributed by atoms with E-state index in [0.29, 0.717) is 16.5 Å². The summed E-state index contributed by atoms with van der Waals surface area (Å²) in [6, 6.07) is 7.00. The zero-order valence-corrected chi connectivity index (χ0v) is 9.52. The molecule has 0 bridgehead atoms. The average molecular weight is 259 g/mol. The van der Waals surface area contributed by atoms with Crippen LogP contribution in [0.1, 0.15) is 17.7 Å². The van der Waals surface area contributed by atoms with Crippen LogP contribution in [0.15, 0.2) is 35.2 Å². The van der Waals surface area contributed by atoms with Gasteiger partial charge >= 0.3 is 0 Å². The molecule has 3 aromatic rings. The molecular formula is C13H7F2N3O. The fraction of sp³-hybridized carbons (Fsp3) is 0.0769. The van der Waals surface area contributed by atoms with Gasteiger partial charge in [0.2, 0.25) is 0 Å². The summed E-state index contributed by atoms with van der Waals surface area (Å²) in [5, 5.41) is 9.53. The molecule has 0 aliphatic carbocycles. The average Bonchev–Trinajstić information content (AvgIpc) is 3.03. The zero-order valence-electron chi connectivity index (χ0n) is 9.52. The third-order valence-corrected chi connectivity index (χ3v) is 2.86. The van der Waals surface area contributed by atoms with Gasteiger partial charge in [-0.15, -0.1) is 0 Å². The zero-order chi connectivity index (χ0) is 13.4. The number of H-pyrrole nitrogens is 1. The van der Waals surface area contributed by atoms with Crippen LogP contribution in [0.4, 0.5) is 8.78 Å². The standard InChI is InChI=1S/C13H7F2N3O/c14-13(15)11-12(19-6-18-11)9-5-17-10-2-1-7(4-16)3-8(9)10/h1-3,5-6,13,17H. The Kier molecular flexibility index (Phi) is 2.53. The topological polar surface area (TPSA) is 65.6 Å².